The molecule has 0 spiro atoms. The number of aromatic nitrogens is 2. The highest BCUT2D eigenvalue weighted by molar-refractivity contribution is 5.79. The van der Waals surface area contributed by atoms with Crippen molar-refractivity contribution in [2.24, 2.45) is 0 Å². The molecular weight excluding hydrogens is 334 g/mol. The molecule has 26 heavy (non-hydrogen) atoms. The van der Waals surface area contributed by atoms with Crippen molar-refractivity contribution in [1.82, 2.24) is 14.7 Å². The molecule has 7 nitrogen and oxygen atoms in total. The number of nitrogens with zero attached hydrogens (tertiary/aromatic N) is 3. The SMILES string of the molecule is CCn1cc(O[C@@H]2CN(Cc3cc4cc(OC)ccc4o3)C[C@H]2O)cn1. The number of hydrogen-bond donors (Lipinski definition) is 1. The van der Waals surface area contributed by atoms with E-state index in [9.17, 15) is 5.11 Å². The summed E-state index contributed by atoms with van der Waals surface area (Å²) < 4.78 is 18.9. The smallest absolute Gasteiger partial charge is 0.157 e. The standard InChI is InChI=1S/C19H23N3O4/c1-3-22-10-16(8-20-22)26-19-12-21(11-17(19)23)9-15-7-13-6-14(24-2)4-5-18(13)25-15/h4-8,10,17,19,23H,3,9,11-12H2,1-2H3/t17-,19-/m1/s1. The zero-order valence-corrected chi connectivity index (χ0v) is 15.0. The number of β-amino-alcohol motifs (C(OH)–C–C–N with tert-alkyl or cyclic N) is 1. The van der Waals surface area contributed by atoms with Gasteiger partial charge in [-0.05, 0) is 31.2 Å². The second kappa shape index (κ2) is 7.01. The molecule has 7 heteroatoms. The molecule has 1 fully saturated rings. The quantitative estimate of drug-likeness (QED) is 0.730. The van der Waals surface area contributed by atoms with E-state index in [1.54, 1.807) is 18.0 Å². The Morgan fingerprint density at radius 2 is 2.15 bits per heavy atom. The van der Waals surface area contributed by atoms with Crippen LogP contribution in [-0.4, -0.2) is 52.2 Å². The van der Waals surface area contributed by atoms with Gasteiger partial charge >= 0.3 is 0 Å². The first-order valence-corrected chi connectivity index (χ1v) is 8.80. The van der Waals surface area contributed by atoms with Gasteiger partial charge in [0.15, 0.2) is 5.75 Å². The number of fused-ring (bicyclic) bond motifs is 1. The first kappa shape index (κ1) is 16.9. The summed E-state index contributed by atoms with van der Waals surface area (Å²) in [4.78, 5) is 2.13. The van der Waals surface area contributed by atoms with E-state index in [4.69, 9.17) is 13.9 Å². The van der Waals surface area contributed by atoms with Crippen LogP contribution in [0.2, 0.25) is 0 Å². The molecule has 1 N–H and O–H groups in total. The van der Waals surface area contributed by atoms with Crippen LogP contribution in [0.1, 0.15) is 12.7 Å². The highest BCUT2D eigenvalue weighted by atomic mass is 16.5. The maximum Gasteiger partial charge on any atom is 0.157 e. The number of likely N-dealkylation sites (tertiary alicyclic amines) is 1. The molecule has 1 aliphatic rings. The Bertz CT molecular complexity index is 888. The molecule has 2 atom stereocenters. The van der Waals surface area contributed by atoms with E-state index in [1.165, 1.54) is 0 Å². The van der Waals surface area contributed by atoms with Gasteiger partial charge in [-0.2, -0.15) is 5.10 Å². The van der Waals surface area contributed by atoms with Gasteiger partial charge in [-0.3, -0.25) is 9.58 Å². The molecule has 1 saturated heterocycles. The van der Waals surface area contributed by atoms with Crippen LogP contribution in [-0.2, 0) is 13.1 Å². The minimum Gasteiger partial charge on any atom is -0.497 e. The second-order valence-corrected chi connectivity index (χ2v) is 6.57. The fraction of sp³-hybridized carbons (Fsp3) is 0.421. The second-order valence-electron chi connectivity index (χ2n) is 6.57. The highest BCUT2D eigenvalue weighted by Gasteiger charge is 2.33. The zero-order valence-electron chi connectivity index (χ0n) is 15.0. The molecular formula is C19H23N3O4. The predicted molar refractivity (Wildman–Crippen MR) is 96.4 cm³/mol. The van der Waals surface area contributed by atoms with Gasteiger partial charge in [-0.15, -0.1) is 0 Å². The monoisotopic (exact) mass is 357 g/mol. The molecule has 1 aliphatic heterocycles. The molecule has 0 amide bonds. The molecule has 0 bridgehead atoms. The minimum atomic E-state index is -0.538. The van der Waals surface area contributed by atoms with Crippen LogP contribution in [0.4, 0.5) is 0 Å². The van der Waals surface area contributed by atoms with E-state index < -0.39 is 6.10 Å². The molecule has 3 aromatic rings. The number of rotatable bonds is 6. The molecule has 2 aromatic heterocycles. The average Bonchev–Trinajstić information content (AvgIpc) is 3.33. The van der Waals surface area contributed by atoms with E-state index in [2.05, 4.69) is 10.00 Å². The van der Waals surface area contributed by atoms with Crippen LogP contribution in [0.5, 0.6) is 11.5 Å². The Morgan fingerprint density at radius 3 is 2.92 bits per heavy atom. The van der Waals surface area contributed by atoms with E-state index in [0.717, 1.165) is 29.0 Å². The van der Waals surface area contributed by atoms with Crippen LogP contribution in [0.25, 0.3) is 11.0 Å². The summed E-state index contributed by atoms with van der Waals surface area (Å²) >= 11 is 0. The number of aryl methyl sites for hydroxylation is 1. The molecule has 3 heterocycles. The van der Waals surface area contributed by atoms with Gasteiger partial charge in [-0.25, -0.2) is 0 Å². The molecule has 0 aliphatic carbocycles. The summed E-state index contributed by atoms with van der Waals surface area (Å²) in [7, 11) is 1.65. The summed E-state index contributed by atoms with van der Waals surface area (Å²) in [6.07, 6.45) is 2.73. The maximum absolute atomic E-state index is 10.3. The van der Waals surface area contributed by atoms with Gasteiger partial charge in [0.25, 0.3) is 0 Å². The first-order valence-electron chi connectivity index (χ1n) is 8.80. The number of aliphatic hydroxyl groups is 1. The van der Waals surface area contributed by atoms with Crippen LogP contribution in [0, 0.1) is 0 Å². The van der Waals surface area contributed by atoms with Crippen molar-refractivity contribution in [2.75, 3.05) is 20.2 Å². The largest absolute Gasteiger partial charge is 0.497 e. The van der Waals surface area contributed by atoms with Crippen molar-refractivity contribution >= 4 is 11.0 Å². The molecule has 0 radical (unpaired) electrons. The highest BCUT2D eigenvalue weighted by Crippen LogP contribution is 2.26. The molecule has 1 aromatic carbocycles. The van der Waals surface area contributed by atoms with E-state index in [0.29, 0.717) is 25.4 Å². The Balaban J connectivity index is 1.41. The maximum atomic E-state index is 10.3. The number of methoxy groups -OCH3 is 1. The predicted octanol–water partition coefficient (Wildman–Crippen LogP) is 2.28. The third-order valence-electron chi connectivity index (χ3n) is 4.69. The third kappa shape index (κ3) is 3.40. The van der Waals surface area contributed by atoms with E-state index in [1.807, 2.05) is 37.4 Å². The molecule has 0 saturated carbocycles. The van der Waals surface area contributed by atoms with Crippen molar-refractivity contribution < 1.29 is 19.0 Å². The molecule has 138 valence electrons. The van der Waals surface area contributed by atoms with E-state index in [-0.39, 0.29) is 6.10 Å². The summed E-state index contributed by atoms with van der Waals surface area (Å²) in [5.74, 6) is 2.36. The summed E-state index contributed by atoms with van der Waals surface area (Å²) in [5.41, 5.74) is 0.834. The Labute approximate surface area is 151 Å². The van der Waals surface area contributed by atoms with Crippen molar-refractivity contribution in [3.8, 4) is 11.5 Å². The number of ether oxygens (including phenoxy) is 2. The van der Waals surface area contributed by atoms with Crippen LogP contribution >= 0.6 is 0 Å². The average molecular weight is 357 g/mol. The van der Waals surface area contributed by atoms with Gasteiger partial charge in [0.1, 0.15) is 29.3 Å². The Morgan fingerprint density at radius 1 is 1.27 bits per heavy atom. The van der Waals surface area contributed by atoms with Crippen molar-refractivity contribution in [3.05, 3.63) is 42.4 Å². The lowest BCUT2D eigenvalue weighted by Gasteiger charge is -2.15. The van der Waals surface area contributed by atoms with Gasteiger partial charge in [0, 0.05) is 25.0 Å². The first-order chi connectivity index (χ1) is 12.6. The normalized spacial score (nSPS) is 20.7. The fourth-order valence-electron chi connectivity index (χ4n) is 3.33. The van der Waals surface area contributed by atoms with E-state index >= 15 is 0 Å². The number of benzene rings is 1. The van der Waals surface area contributed by atoms with Gasteiger partial charge < -0.3 is 19.0 Å². The zero-order chi connectivity index (χ0) is 18.1. The van der Waals surface area contributed by atoms with Gasteiger partial charge in [-0.1, -0.05) is 0 Å². The lowest BCUT2D eigenvalue weighted by Crippen LogP contribution is -2.29. The fourth-order valence-corrected chi connectivity index (χ4v) is 3.33. The lowest BCUT2D eigenvalue weighted by atomic mass is 10.2. The third-order valence-corrected chi connectivity index (χ3v) is 4.69. The summed E-state index contributed by atoms with van der Waals surface area (Å²) in [5, 5.41) is 15.5. The van der Waals surface area contributed by atoms with Crippen LogP contribution in [0.15, 0.2) is 41.1 Å². The summed E-state index contributed by atoms with van der Waals surface area (Å²) in [6.45, 7) is 4.62. The van der Waals surface area contributed by atoms with Crippen molar-refractivity contribution in [1.29, 1.82) is 0 Å². The van der Waals surface area contributed by atoms with Crippen LogP contribution < -0.4 is 9.47 Å². The summed E-state index contributed by atoms with van der Waals surface area (Å²) in [6, 6.07) is 7.77. The molecule has 4 rings (SSSR count). The van der Waals surface area contributed by atoms with Gasteiger partial charge in [0.2, 0.25) is 0 Å². The number of aliphatic hydroxyl groups excluding tert-OH is 1. The van der Waals surface area contributed by atoms with Crippen molar-refractivity contribution in [3.63, 3.8) is 0 Å². The van der Waals surface area contributed by atoms with Crippen molar-refractivity contribution in [2.45, 2.75) is 32.2 Å². The molecule has 0 unspecified atom stereocenters. The van der Waals surface area contributed by atoms with Crippen LogP contribution in [0.3, 0.4) is 0 Å². The lowest BCUT2D eigenvalue weighted by molar-refractivity contribution is 0.0736. The number of furan rings is 1. The minimum absolute atomic E-state index is 0.269. The Hall–Kier alpha value is -2.51. The van der Waals surface area contributed by atoms with Gasteiger partial charge in [0.05, 0.1) is 26.0 Å². The number of hydrogen-bond acceptors (Lipinski definition) is 6. The topological polar surface area (TPSA) is 72.9 Å². The Kier molecular flexibility index (Phi) is 4.57.